The summed E-state index contributed by atoms with van der Waals surface area (Å²) in [7, 11) is 1.81. The molecule has 4 heterocycles. The molecule has 0 spiro atoms. The number of rotatable bonds is 6. The number of halogens is 2. The molecule has 162 valence electrons. The van der Waals surface area contributed by atoms with Crippen LogP contribution in [0.5, 0.6) is 0 Å². The molecule has 0 amide bonds. The fourth-order valence-corrected chi connectivity index (χ4v) is 4.11. The third kappa shape index (κ3) is 3.88. The summed E-state index contributed by atoms with van der Waals surface area (Å²) >= 11 is 0. The van der Waals surface area contributed by atoms with Crippen LogP contribution < -0.4 is 10.6 Å². The van der Waals surface area contributed by atoms with Crippen LogP contribution in [-0.4, -0.2) is 55.4 Å². The zero-order valence-electron chi connectivity index (χ0n) is 16.8. The van der Waals surface area contributed by atoms with Crippen molar-refractivity contribution in [3.05, 3.63) is 30.7 Å². The number of nitrogens with one attached hydrogen (secondary N) is 3. The van der Waals surface area contributed by atoms with E-state index in [1.807, 2.05) is 31.6 Å². The van der Waals surface area contributed by atoms with Gasteiger partial charge in [-0.2, -0.15) is 23.8 Å². The summed E-state index contributed by atoms with van der Waals surface area (Å²) in [6.07, 6.45) is 7.65. The topological polar surface area (TPSA) is 105 Å². The van der Waals surface area contributed by atoms with Crippen LogP contribution in [0.2, 0.25) is 0 Å². The standard InChI is InChI=1S/C20H22F2N8O/c1-23-17-16-13(14-7-9-30-15(27-14)6-8-25-30)10-24-18(16)29-20(28-17)26-11-2-4-12(5-3-11)31-19(21)22/h6-12,19H,2-5H2,1H3,(H3,23,24,26,28,29)/t11-,12+. The van der Waals surface area contributed by atoms with Crippen LogP contribution >= 0.6 is 0 Å². The average molecular weight is 428 g/mol. The van der Waals surface area contributed by atoms with Gasteiger partial charge in [0.1, 0.15) is 11.5 Å². The molecule has 4 aromatic rings. The van der Waals surface area contributed by atoms with Crippen molar-refractivity contribution in [2.75, 3.05) is 17.7 Å². The van der Waals surface area contributed by atoms with E-state index < -0.39 is 6.61 Å². The van der Waals surface area contributed by atoms with Gasteiger partial charge in [0.25, 0.3) is 0 Å². The molecule has 0 saturated heterocycles. The maximum absolute atomic E-state index is 12.4. The Labute approximate surface area is 176 Å². The van der Waals surface area contributed by atoms with Gasteiger partial charge < -0.3 is 20.4 Å². The molecule has 31 heavy (non-hydrogen) atoms. The molecule has 0 aliphatic heterocycles. The Morgan fingerprint density at radius 2 is 2.00 bits per heavy atom. The van der Waals surface area contributed by atoms with Crippen LogP contribution in [0.25, 0.3) is 27.9 Å². The Balaban J connectivity index is 1.39. The van der Waals surface area contributed by atoms with Gasteiger partial charge in [0.05, 0.1) is 23.4 Å². The van der Waals surface area contributed by atoms with Crippen molar-refractivity contribution in [1.82, 2.24) is 29.5 Å². The minimum absolute atomic E-state index is 0.111. The molecule has 1 saturated carbocycles. The molecule has 1 fully saturated rings. The lowest BCUT2D eigenvalue weighted by Crippen LogP contribution is -2.31. The van der Waals surface area contributed by atoms with Crippen molar-refractivity contribution >= 4 is 28.4 Å². The molecule has 0 bridgehead atoms. The van der Waals surface area contributed by atoms with Crippen LogP contribution in [0, 0.1) is 0 Å². The van der Waals surface area contributed by atoms with E-state index in [2.05, 4.69) is 40.4 Å². The second-order valence-electron chi connectivity index (χ2n) is 7.53. The van der Waals surface area contributed by atoms with Crippen molar-refractivity contribution < 1.29 is 13.5 Å². The quantitative estimate of drug-likeness (QED) is 0.430. The average Bonchev–Trinajstić information content (AvgIpc) is 3.40. The van der Waals surface area contributed by atoms with E-state index in [1.54, 1.807) is 10.7 Å². The third-order valence-electron chi connectivity index (χ3n) is 5.61. The van der Waals surface area contributed by atoms with E-state index >= 15 is 0 Å². The number of hydrogen-bond acceptors (Lipinski definition) is 7. The lowest BCUT2D eigenvalue weighted by Gasteiger charge is -2.28. The number of alkyl halides is 2. The first-order valence-corrected chi connectivity index (χ1v) is 10.2. The van der Waals surface area contributed by atoms with E-state index in [-0.39, 0.29) is 12.1 Å². The fraction of sp³-hybridized carbons (Fsp3) is 0.400. The molecule has 0 atom stereocenters. The van der Waals surface area contributed by atoms with Gasteiger partial charge >= 0.3 is 6.61 Å². The Bertz CT molecular complexity index is 1200. The predicted molar refractivity (Wildman–Crippen MR) is 112 cm³/mol. The monoisotopic (exact) mass is 428 g/mol. The first-order valence-electron chi connectivity index (χ1n) is 10.2. The number of aromatic nitrogens is 6. The highest BCUT2D eigenvalue weighted by atomic mass is 19.3. The molecule has 4 aromatic heterocycles. The number of ether oxygens (including phenoxy) is 1. The Hall–Kier alpha value is -3.34. The molecular formula is C20H22F2N8O. The maximum atomic E-state index is 12.4. The number of hydrogen-bond donors (Lipinski definition) is 3. The number of nitrogens with zero attached hydrogens (tertiary/aromatic N) is 5. The Morgan fingerprint density at radius 3 is 2.77 bits per heavy atom. The highest BCUT2D eigenvalue weighted by molar-refractivity contribution is 6.00. The first-order chi connectivity index (χ1) is 15.1. The van der Waals surface area contributed by atoms with Crippen molar-refractivity contribution in [3.63, 3.8) is 0 Å². The van der Waals surface area contributed by atoms with Crippen LogP contribution in [0.15, 0.2) is 30.7 Å². The van der Waals surface area contributed by atoms with Gasteiger partial charge in [0.2, 0.25) is 5.95 Å². The van der Waals surface area contributed by atoms with Gasteiger partial charge in [0, 0.05) is 37.1 Å². The van der Waals surface area contributed by atoms with Gasteiger partial charge in [0.15, 0.2) is 5.65 Å². The third-order valence-corrected chi connectivity index (χ3v) is 5.61. The second-order valence-corrected chi connectivity index (χ2v) is 7.53. The summed E-state index contributed by atoms with van der Waals surface area (Å²) in [6, 6.07) is 3.85. The van der Waals surface area contributed by atoms with E-state index in [0.717, 1.165) is 35.1 Å². The van der Waals surface area contributed by atoms with Crippen LogP contribution in [0.1, 0.15) is 25.7 Å². The summed E-state index contributed by atoms with van der Waals surface area (Å²) in [5.41, 5.74) is 3.11. The van der Waals surface area contributed by atoms with E-state index in [0.29, 0.717) is 30.3 Å². The highest BCUT2D eigenvalue weighted by Gasteiger charge is 2.25. The van der Waals surface area contributed by atoms with Crippen LogP contribution in [0.3, 0.4) is 0 Å². The van der Waals surface area contributed by atoms with Crippen LogP contribution in [0.4, 0.5) is 20.5 Å². The SMILES string of the molecule is CNc1nc(N[C@H]2CC[C@@H](OC(F)F)CC2)nc2[nH]cc(-c3ccn4nccc4n3)c12. The number of aromatic amines is 1. The highest BCUT2D eigenvalue weighted by Crippen LogP contribution is 2.33. The van der Waals surface area contributed by atoms with Gasteiger partial charge in [-0.05, 0) is 31.7 Å². The summed E-state index contributed by atoms with van der Waals surface area (Å²) in [6.45, 7) is -2.72. The van der Waals surface area contributed by atoms with Gasteiger partial charge in [-0.3, -0.25) is 0 Å². The lowest BCUT2D eigenvalue weighted by atomic mass is 9.93. The normalized spacial score (nSPS) is 19.4. The van der Waals surface area contributed by atoms with Gasteiger partial charge in [-0.15, -0.1) is 0 Å². The number of fused-ring (bicyclic) bond motifs is 2. The predicted octanol–water partition coefficient (Wildman–Crippen LogP) is 3.67. The molecule has 3 N–H and O–H groups in total. The largest absolute Gasteiger partial charge is 0.372 e. The number of H-pyrrole nitrogens is 1. The molecular weight excluding hydrogens is 406 g/mol. The maximum Gasteiger partial charge on any atom is 0.345 e. The zero-order valence-corrected chi connectivity index (χ0v) is 16.8. The molecule has 1 aliphatic rings. The zero-order chi connectivity index (χ0) is 21.4. The van der Waals surface area contributed by atoms with Crippen molar-refractivity contribution in [1.29, 1.82) is 0 Å². The second kappa shape index (κ2) is 8.06. The number of anilines is 2. The molecule has 0 aromatic carbocycles. The van der Waals surface area contributed by atoms with Crippen LogP contribution in [-0.2, 0) is 4.74 Å². The molecule has 11 heteroatoms. The summed E-state index contributed by atoms with van der Waals surface area (Å²) < 4.78 is 31.1. The van der Waals surface area contributed by atoms with Crippen molar-refractivity contribution in [2.24, 2.45) is 0 Å². The first kappa shape index (κ1) is 19.6. The molecule has 1 aliphatic carbocycles. The van der Waals surface area contributed by atoms with Gasteiger partial charge in [-0.25, -0.2) is 9.50 Å². The van der Waals surface area contributed by atoms with E-state index in [1.165, 1.54) is 0 Å². The summed E-state index contributed by atoms with van der Waals surface area (Å²) in [5.74, 6) is 1.16. The van der Waals surface area contributed by atoms with Crippen molar-refractivity contribution in [2.45, 2.75) is 44.4 Å². The van der Waals surface area contributed by atoms with Gasteiger partial charge in [-0.1, -0.05) is 0 Å². The minimum Gasteiger partial charge on any atom is -0.372 e. The molecule has 9 nitrogen and oxygen atoms in total. The Kier molecular flexibility index (Phi) is 5.10. The van der Waals surface area contributed by atoms with E-state index in [4.69, 9.17) is 0 Å². The smallest absolute Gasteiger partial charge is 0.345 e. The molecule has 0 radical (unpaired) electrons. The minimum atomic E-state index is -2.72. The van der Waals surface area contributed by atoms with E-state index in [9.17, 15) is 8.78 Å². The summed E-state index contributed by atoms with van der Waals surface area (Å²) in [5, 5.41) is 11.5. The van der Waals surface area contributed by atoms with Crippen molar-refractivity contribution in [3.8, 4) is 11.3 Å². The lowest BCUT2D eigenvalue weighted by molar-refractivity contribution is -0.169. The molecule has 5 rings (SSSR count). The Morgan fingerprint density at radius 1 is 1.16 bits per heavy atom. The fourth-order valence-electron chi connectivity index (χ4n) is 4.11. The summed E-state index contributed by atoms with van der Waals surface area (Å²) in [4.78, 5) is 17.1. The molecule has 0 unspecified atom stereocenters.